The lowest BCUT2D eigenvalue weighted by atomic mass is 9.94. The summed E-state index contributed by atoms with van der Waals surface area (Å²) in [7, 11) is 0. The van der Waals surface area contributed by atoms with E-state index in [1.54, 1.807) is 24.9 Å². The standard InChI is InChI=1S/C28H36N4O2/c1-19-7-21-11-29-15-27(3,4)17-31-13-23-9-20(2)10-24(26(23)34)14-32-18-28(5,6)16-30-12-22(8-19)25(21)33/h7-14,33-34H,15-18H2,1-6H3. The van der Waals surface area contributed by atoms with Gasteiger partial charge in [0.25, 0.3) is 0 Å². The van der Waals surface area contributed by atoms with Crippen molar-refractivity contribution < 1.29 is 10.2 Å². The second kappa shape index (κ2) is 10.3. The Labute approximate surface area is 202 Å². The zero-order valence-corrected chi connectivity index (χ0v) is 21.1. The minimum atomic E-state index is -0.188. The van der Waals surface area contributed by atoms with E-state index in [1.165, 1.54) is 0 Å². The summed E-state index contributed by atoms with van der Waals surface area (Å²) in [6.45, 7) is 14.6. The van der Waals surface area contributed by atoms with Crippen LogP contribution >= 0.6 is 0 Å². The average Bonchev–Trinajstić information content (AvgIpc) is 2.73. The Bertz CT molecular complexity index is 987. The number of hydrogen-bond acceptors (Lipinski definition) is 6. The van der Waals surface area contributed by atoms with Gasteiger partial charge in [-0.15, -0.1) is 0 Å². The highest BCUT2D eigenvalue weighted by atomic mass is 16.3. The second-order valence-electron chi connectivity index (χ2n) is 10.8. The molecule has 0 radical (unpaired) electrons. The first-order valence-corrected chi connectivity index (χ1v) is 11.6. The van der Waals surface area contributed by atoms with Crippen molar-refractivity contribution in [3.05, 3.63) is 57.6 Å². The molecule has 1 aliphatic rings. The zero-order valence-electron chi connectivity index (χ0n) is 21.1. The maximum absolute atomic E-state index is 10.8. The van der Waals surface area contributed by atoms with Gasteiger partial charge in [0.05, 0.1) is 0 Å². The largest absolute Gasteiger partial charge is 0.507 e. The first-order valence-electron chi connectivity index (χ1n) is 11.6. The molecule has 0 unspecified atom stereocenters. The summed E-state index contributed by atoms with van der Waals surface area (Å²) in [5.74, 6) is 0.368. The Morgan fingerprint density at radius 2 is 0.765 bits per heavy atom. The maximum atomic E-state index is 10.8. The van der Waals surface area contributed by atoms with Crippen LogP contribution in [0.1, 0.15) is 61.1 Å². The lowest BCUT2D eigenvalue weighted by Crippen LogP contribution is -2.20. The van der Waals surface area contributed by atoms with Crippen molar-refractivity contribution in [3.63, 3.8) is 0 Å². The summed E-state index contributed by atoms with van der Waals surface area (Å²) in [6, 6.07) is 7.68. The molecule has 0 spiro atoms. The van der Waals surface area contributed by atoms with Crippen molar-refractivity contribution >= 4 is 24.9 Å². The van der Waals surface area contributed by atoms with E-state index in [-0.39, 0.29) is 22.3 Å². The van der Waals surface area contributed by atoms with Gasteiger partial charge in [-0.25, -0.2) is 0 Å². The van der Waals surface area contributed by atoms with E-state index in [0.717, 1.165) is 11.1 Å². The van der Waals surface area contributed by atoms with Gasteiger partial charge in [0, 0.05) is 84.1 Å². The highest BCUT2D eigenvalue weighted by Crippen LogP contribution is 2.25. The minimum Gasteiger partial charge on any atom is -0.507 e. The number of nitrogens with zero attached hydrogens (tertiary/aromatic N) is 4. The maximum Gasteiger partial charge on any atom is 0.133 e. The summed E-state index contributed by atoms with van der Waals surface area (Å²) in [5, 5.41) is 21.5. The third-order valence-electron chi connectivity index (χ3n) is 5.63. The van der Waals surface area contributed by atoms with Crippen LogP contribution in [0, 0.1) is 24.7 Å². The van der Waals surface area contributed by atoms with Crippen LogP contribution in [0.15, 0.2) is 44.2 Å². The molecule has 1 heterocycles. The number of rotatable bonds is 0. The molecule has 0 amide bonds. The van der Waals surface area contributed by atoms with E-state index in [4.69, 9.17) is 0 Å². The molecule has 0 aromatic heterocycles. The Morgan fingerprint density at radius 3 is 1.00 bits per heavy atom. The fraction of sp³-hybridized carbons (Fsp3) is 0.429. The number of hydrogen-bond donors (Lipinski definition) is 2. The number of fused-ring (bicyclic) bond motifs is 4. The average molecular weight is 461 g/mol. The van der Waals surface area contributed by atoms with E-state index < -0.39 is 0 Å². The molecule has 34 heavy (non-hydrogen) atoms. The summed E-state index contributed by atoms with van der Waals surface area (Å²) in [5.41, 5.74) is 4.40. The second-order valence-corrected chi connectivity index (χ2v) is 10.8. The van der Waals surface area contributed by atoms with Gasteiger partial charge >= 0.3 is 0 Å². The SMILES string of the molecule is Cc1cc2c(O)c(c1)C=NCC(C)(C)CN=Cc1cc(C)cc(c1O)C=NCC(C)(C)CN=C2. The van der Waals surface area contributed by atoms with Crippen molar-refractivity contribution in [1.29, 1.82) is 0 Å². The van der Waals surface area contributed by atoms with Crippen LogP contribution in [-0.4, -0.2) is 61.3 Å². The fourth-order valence-corrected chi connectivity index (χ4v) is 3.73. The number of aliphatic imine (C=N–C) groups is 4. The van der Waals surface area contributed by atoms with E-state index in [2.05, 4.69) is 47.7 Å². The van der Waals surface area contributed by atoms with Crippen LogP contribution in [0.5, 0.6) is 11.5 Å². The van der Waals surface area contributed by atoms with Crippen molar-refractivity contribution in [2.75, 3.05) is 26.2 Å². The quantitative estimate of drug-likeness (QED) is 0.569. The van der Waals surface area contributed by atoms with Crippen LogP contribution in [0.4, 0.5) is 0 Å². The van der Waals surface area contributed by atoms with Gasteiger partial charge in [0.15, 0.2) is 0 Å². The topological polar surface area (TPSA) is 89.9 Å². The van der Waals surface area contributed by atoms with Crippen molar-refractivity contribution in [3.8, 4) is 11.5 Å². The van der Waals surface area contributed by atoms with Gasteiger partial charge in [0.2, 0.25) is 0 Å². The molecule has 6 nitrogen and oxygen atoms in total. The molecule has 180 valence electrons. The molecule has 6 heteroatoms. The predicted molar refractivity (Wildman–Crippen MR) is 143 cm³/mol. The monoisotopic (exact) mass is 460 g/mol. The van der Waals surface area contributed by atoms with Crippen LogP contribution in [0.3, 0.4) is 0 Å². The number of aromatic hydroxyl groups is 2. The molecule has 4 bridgehead atoms. The van der Waals surface area contributed by atoms with Gasteiger partial charge in [-0.05, 0) is 49.2 Å². The molecular weight excluding hydrogens is 424 g/mol. The van der Waals surface area contributed by atoms with Crippen LogP contribution in [0.25, 0.3) is 0 Å². The zero-order chi connectivity index (χ0) is 24.9. The van der Waals surface area contributed by atoms with Gasteiger partial charge < -0.3 is 10.2 Å². The summed E-state index contributed by atoms with van der Waals surface area (Å²) >= 11 is 0. The van der Waals surface area contributed by atoms with Gasteiger partial charge in [-0.2, -0.15) is 0 Å². The third-order valence-corrected chi connectivity index (χ3v) is 5.63. The lowest BCUT2D eigenvalue weighted by Gasteiger charge is -2.20. The Hall–Kier alpha value is -3.28. The molecular formula is C28H36N4O2. The molecule has 2 aromatic rings. The molecule has 0 atom stereocenters. The number of phenolic OH excluding ortho intramolecular Hbond substituents is 2. The molecule has 2 N–H and O–H groups in total. The minimum absolute atomic E-state index is 0.184. The molecule has 2 aromatic carbocycles. The van der Waals surface area contributed by atoms with Crippen LogP contribution < -0.4 is 0 Å². The van der Waals surface area contributed by atoms with E-state index in [9.17, 15) is 10.2 Å². The first-order chi connectivity index (χ1) is 16.0. The number of phenols is 2. The summed E-state index contributed by atoms with van der Waals surface area (Å²) in [4.78, 5) is 18.4. The van der Waals surface area contributed by atoms with Crippen molar-refractivity contribution in [2.24, 2.45) is 30.8 Å². The van der Waals surface area contributed by atoms with E-state index in [0.29, 0.717) is 48.4 Å². The smallest absolute Gasteiger partial charge is 0.133 e. The Balaban J connectivity index is 2.00. The highest BCUT2D eigenvalue weighted by molar-refractivity contribution is 5.93. The molecule has 0 saturated carbocycles. The van der Waals surface area contributed by atoms with Crippen LogP contribution in [-0.2, 0) is 0 Å². The highest BCUT2D eigenvalue weighted by Gasteiger charge is 2.18. The predicted octanol–water partition coefficient (Wildman–Crippen LogP) is 5.16. The van der Waals surface area contributed by atoms with Crippen LogP contribution in [0.2, 0.25) is 0 Å². The molecule has 0 saturated heterocycles. The Kier molecular flexibility index (Phi) is 7.70. The summed E-state index contributed by atoms with van der Waals surface area (Å²) < 4.78 is 0. The van der Waals surface area contributed by atoms with Crippen molar-refractivity contribution in [1.82, 2.24) is 0 Å². The summed E-state index contributed by atoms with van der Waals surface area (Å²) in [6.07, 6.45) is 6.89. The van der Waals surface area contributed by atoms with E-state index >= 15 is 0 Å². The number of aryl methyl sites for hydroxylation is 2. The molecule has 3 rings (SSSR count). The fourth-order valence-electron chi connectivity index (χ4n) is 3.73. The third kappa shape index (κ3) is 6.86. The normalized spacial score (nSPS) is 18.1. The van der Waals surface area contributed by atoms with Gasteiger partial charge in [0.1, 0.15) is 11.5 Å². The number of benzene rings is 2. The molecule has 0 fully saturated rings. The van der Waals surface area contributed by atoms with Crippen molar-refractivity contribution in [2.45, 2.75) is 41.5 Å². The van der Waals surface area contributed by atoms with Gasteiger partial charge in [-0.3, -0.25) is 20.0 Å². The molecule has 1 aliphatic heterocycles. The Morgan fingerprint density at radius 1 is 0.529 bits per heavy atom. The lowest BCUT2D eigenvalue weighted by molar-refractivity contribution is 0.396. The van der Waals surface area contributed by atoms with Gasteiger partial charge in [-0.1, -0.05) is 27.7 Å². The van der Waals surface area contributed by atoms with E-state index in [1.807, 2.05) is 38.1 Å². The molecule has 0 aliphatic carbocycles. The first kappa shape index (κ1) is 25.3.